The number of aliphatic hydroxyl groups excluding tert-OH is 3. The summed E-state index contributed by atoms with van der Waals surface area (Å²) in [6.07, 6.45) is -2.27. The molecule has 2 rings (SSSR count). The molecule has 0 fully saturated rings. The van der Waals surface area contributed by atoms with Gasteiger partial charge in [-0.15, -0.1) is 0 Å². The summed E-state index contributed by atoms with van der Waals surface area (Å²) in [6, 6.07) is 6.56. The van der Waals surface area contributed by atoms with E-state index in [1.165, 1.54) is 13.2 Å². The number of ether oxygens (including phenoxy) is 1. The van der Waals surface area contributed by atoms with Crippen molar-refractivity contribution in [2.75, 3.05) is 7.11 Å². The lowest BCUT2D eigenvalue weighted by Gasteiger charge is -2.27. The molecule has 5 heteroatoms. The third-order valence-corrected chi connectivity index (χ3v) is 3.19. The summed E-state index contributed by atoms with van der Waals surface area (Å²) in [5.74, 6) is 0.373. The van der Waals surface area contributed by atoms with E-state index >= 15 is 0 Å². The fourth-order valence-electron chi connectivity index (χ4n) is 2.04. The van der Waals surface area contributed by atoms with Crippen LogP contribution in [-0.2, 0) is 0 Å². The van der Waals surface area contributed by atoms with Gasteiger partial charge in [-0.2, -0.15) is 0 Å². The number of carbonyl (C=O) groups excluding carboxylic acids is 1. The minimum absolute atomic E-state index is 0.0308. The highest BCUT2D eigenvalue weighted by Crippen LogP contribution is 2.23. The maximum atomic E-state index is 12.2. The van der Waals surface area contributed by atoms with Crippen molar-refractivity contribution < 1.29 is 24.9 Å². The first-order valence-electron chi connectivity index (χ1n) is 5.96. The van der Waals surface area contributed by atoms with Crippen LogP contribution in [0.1, 0.15) is 16.8 Å². The Kier molecular flexibility index (Phi) is 3.99. The highest BCUT2D eigenvalue weighted by Gasteiger charge is 2.31. The summed E-state index contributed by atoms with van der Waals surface area (Å²) in [5, 5.41) is 28.5. The molecular formula is C14H16O5. The molecule has 0 heterocycles. The molecule has 1 aliphatic rings. The summed E-state index contributed by atoms with van der Waals surface area (Å²) in [5.41, 5.74) is 0.748. The highest BCUT2D eigenvalue weighted by atomic mass is 16.5. The van der Waals surface area contributed by atoms with Crippen molar-refractivity contribution in [2.45, 2.75) is 24.7 Å². The largest absolute Gasteiger partial charge is 0.497 e. The number of methoxy groups -OCH3 is 1. The van der Waals surface area contributed by atoms with E-state index in [1.807, 2.05) is 0 Å². The van der Waals surface area contributed by atoms with Crippen LogP contribution < -0.4 is 4.74 Å². The zero-order valence-electron chi connectivity index (χ0n) is 10.5. The molecule has 1 aromatic rings. The molecule has 5 nitrogen and oxygen atoms in total. The van der Waals surface area contributed by atoms with E-state index in [1.54, 1.807) is 24.3 Å². The number of hydrogen-bond donors (Lipinski definition) is 3. The Balaban J connectivity index is 2.21. The summed E-state index contributed by atoms with van der Waals surface area (Å²) in [4.78, 5) is 12.2. The molecule has 102 valence electrons. The van der Waals surface area contributed by atoms with Gasteiger partial charge in [-0.1, -0.05) is 0 Å². The number of hydrogen-bond acceptors (Lipinski definition) is 5. The molecule has 0 aromatic heterocycles. The standard InChI is InChI=1S/C14H16O5/c1-19-10-4-2-8(3-5-10)13(17)9-6-11(15)14(18)12(16)7-9/h2-6,11-12,14-16,18H,7H2,1H3/t11-,12-,14-/m1/s1. The van der Waals surface area contributed by atoms with Gasteiger partial charge in [0.1, 0.15) is 18.0 Å². The Labute approximate surface area is 110 Å². The topological polar surface area (TPSA) is 87.0 Å². The van der Waals surface area contributed by atoms with Gasteiger partial charge in [0.05, 0.1) is 13.2 Å². The summed E-state index contributed by atoms with van der Waals surface area (Å²) in [6.45, 7) is 0. The van der Waals surface area contributed by atoms with Gasteiger partial charge in [0.15, 0.2) is 5.78 Å². The Morgan fingerprint density at radius 1 is 1.21 bits per heavy atom. The molecular weight excluding hydrogens is 248 g/mol. The Hall–Kier alpha value is -1.69. The molecule has 19 heavy (non-hydrogen) atoms. The van der Waals surface area contributed by atoms with E-state index in [0.717, 1.165) is 0 Å². The van der Waals surface area contributed by atoms with Crippen LogP contribution in [0, 0.1) is 0 Å². The Morgan fingerprint density at radius 3 is 2.37 bits per heavy atom. The molecule has 0 aliphatic heterocycles. The van der Waals surface area contributed by atoms with Crippen LogP contribution in [0.3, 0.4) is 0 Å². The van der Waals surface area contributed by atoms with Gasteiger partial charge in [-0.05, 0) is 30.3 Å². The van der Waals surface area contributed by atoms with Crippen LogP contribution >= 0.6 is 0 Å². The van der Waals surface area contributed by atoms with E-state index in [2.05, 4.69) is 0 Å². The monoisotopic (exact) mass is 264 g/mol. The number of aliphatic hydroxyl groups is 3. The van der Waals surface area contributed by atoms with E-state index in [9.17, 15) is 20.1 Å². The van der Waals surface area contributed by atoms with Gasteiger partial charge in [0.25, 0.3) is 0 Å². The third kappa shape index (κ3) is 2.84. The molecule has 0 unspecified atom stereocenters. The van der Waals surface area contributed by atoms with Crippen LogP contribution in [0.2, 0.25) is 0 Å². The predicted molar refractivity (Wildman–Crippen MR) is 68.0 cm³/mol. The number of carbonyl (C=O) groups is 1. The molecule has 0 saturated carbocycles. The van der Waals surface area contributed by atoms with Gasteiger partial charge < -0.3 is 20.1 Å². The molecule has 0 saturated heterocycles. The van der Waals surface area contributed by atoms with Crippen LogP contribution in [0.15, 0.2) is 35.9 Å². The van der Waals surface area contributed by atoms with E-state index in [0.29, 0.717) is 16.9 Å². The summed E-state index contributed by atoms with van der Waals surface area (Å²) in [7, 11) is 1.54. The zero-order chi connectivity index (χ0) is 14.0. The Morgan fingerprint density at radius 2 is 1.84 bits per heavy atom. The van der Waals surface area contributed by atoms with Crippen LogP contribution in [0.4, 0.5) is 0 Å². The van der Waals surface area contributed by atoms with Crippen molar-refractivity contribution >= 4 is 5.78 Å². The maximum absolute atomic E-state index is 12.2. The van der Waals surface area contributed by atoms with Crippen molar-refractivity contribution in [1.82, 2.24) is 0 Å². The minimum Gasteiger partial charge on any atom is -0.497 e. The zero-order valence-corrected chi connectivity index (χ0v) is 10.5. The summed E-state index contributed by atoms with van der Waals surface area (Å²) >= 11 is 0. The van der Waals surface area contributed by atoms with Crippen molar-refractivity contribution in [3.8, 4) is 5.75 Å². The molecule has 1 aromatic carbocycles. The highest BCUT2D eigenvalue weighted by molar-refractivity contribution is 6.08. The average Bonchev–Trinajstić information content (AvgIpc) is 2.43. The van der Waals surface area contributed by atoms with Crippen molar-refractivity contribution in [2.24, 2.45) is 0 Å². The fraction of sp³-hybridized carbons (Fsp3) is 0.357. The second-order valence-corrected chi connectivity index (χ2v) is 4.50. The molecule has 3 N–H and O–H groups in total. The van der Waals surface area contributed by atoms with Crippen molar-refractivity contribution in [3.05, 3.63) is 41.5 Å². The van der Waals surface area contributed by atoms with Crippen molar-refractivity contribution in [1.29, 1.82) is 0 Å². The molecule has 0 bridgehead atoms. The first kappa shape index (κ1) is 13.7. The van der Waals surface area contributed by atoms with Crippen LogP contribution in [-0.4, -0.2) is 46.5 Å². The third-order valence-electron chi connectivity index (χ3n) is 3.19. The normalized spacial score (nSPS) is 26.7. The lowest BCUT2D eigenvalue weighted by molar-refractivity contribution is -0.0471. The van der Waals surface area contributed by atoms with E-state index in [4.69, 9.17) is 4.74 Å². The first-order chi connectivity index (χ1) is 9.02. The summed E-state index contributed by atoms with van der Waals surface area (Å²) < 4.78 is 5.00. The molecule has 3 atom stereocenters. The fourth-order valence-corrected chi connectivity index (χ4v) is 2.04. The number of ketones is 1. The average molecular weight is 264 g/mol. The lowest BCUT2D eigenvalue weighted by atomic mass is 9.88. The lowest BCUT2D eigenvalue weighted by Crippen LogP contribution is -2.40. The molecule has 1 aliphatic carbocycles. The SMILES string of the molecule is COc1ccc(C(=O)C2=C[C@@H](O)[C@@H](O)[C@H](O)C2)cc1. The first-order valence-corrected chi connectivity index (χ1v) is 5.96. The second-order valence-electron chi connectivity index (χ2n) is 4.50. The quantitative estimate of drug-likeness (QED) is 0.683. The molecule has 0 amide bonds. The number of Topliss-reactive ketones (excluding diaryl/α,β-unsaturated/α-hetero) is 1. The van der Waals surface area contributed by atoms with Gasteiger partial charge in [-0.25, -0.2) is 0 Å². The minimum atomic E-state index is -1.24. The van der Waals surface area contributed by atoms with E-state index in [-0.39, 0.29) is 12.2 Å². The Bertz CT molecular complexity index is 491. The number of rotatable bonds is 3. The van der Waals surface area contributed by atoms with Gasteiger partial charge >= 0.3 is 0 Å². The van der Waals surface area contributed by atoms with Gasteiger partial charge in [0.2, 0.25) is 0 Å². The van der Waals surface area contributed by atoms with Gasteiger partial charge in [-0.3, -0.25) is 4.79 Å². The predicted octanol–water partition coefficient (Wildman–Crippen LogP) is 0.291. The van der Waals surface area contributed by atoms with E-state index < -0.39 is 18.3 Å². The van der Waals surface area contributed by atoms with Gasteiger partial charge in [0, 0.05) is 17.6 Å². The van der Waals surface area contributed by atoms with Crippen molar-refractivity contribution in [3.63, 3.8) is 0 Å². The number of benzene rings is 1. The van der Waals surface area contributed by atoms with Crippen LogP contribution in [0.25, 0.3) is 0 Å². The molecule has 0 spiro atoms. The maximum Gasteiger partial charge on any atom is 0.188 e. The molecule has 0 radical (unpaired) electrons. The van der Waals surface area contributed by atoms with Crippen LogP contribution in [0.5, 0.6) is 5.75 Å². The smallest absolute Gasteiger partial charge is 0.188 e. The second kappa shape index (κ2) is 5.52.